The minimum absolute atomic E-state index is 0.00994. The number of sulfonamides is 1. The van der Waals surface area contributed by atoms with Crippen LogP contribution in [0.1, 0.15) is 17.3 Å². The molecule has 1 amide bonds. The van der Waals surface area contributed by atoms with E-state index in [1.165, 1.54) is 29.2 Å². The van der Waals surface area contributed by atoms with Gasteiger partial charge in [0, 0.05) is 30.2 Å². The zero-order valence-corrected chi connectivity index (χ0v) is 16.1. The van der Waals surface area contributed by atoms with Crippen molar-refractivity contribution in [2.45, 2.75) is 17.9 Å². The number of rotatable bonds is 7. The molecule has 142 valence electrons. The minimum atomic E-state index is -3.74. The molecule has 2 rings (SSSR count). The van der Waals surface area contributed by atoms with Gasteiger partial charge in [0.15, 0.2) is 0 Å². The molecule has 26 heavy (non-hydrogen) atoms. The van der Waals surface area contributed by atoms with Crippen LogP contribution < -0.4 is 4.72 Å². The molecule has 0 spiro atoms. The van der Waals surface area contributed by atoms with Crippen LogP contribution >= 0.6 is 11.8 Å². The number of carbonyl (C=O) groups is 2. The van der Waals surface area contributed by atoms with E-state index in [4.69, 9.17) is 4.74 Å². The van der Waals surface area contributed by atoms with E-state index < -0.39 is 22.0 Å². The number of ether oxygens (including phenoxy) is 1. The zero-order chi connectivity index (χ0) is 19.2. The van der Waals surface area contributed by atoms with E-state index in [2.05, 4.69) is 11.3 Å². The number of nitrogens with zero attached hydrogens (tertiary/aromatic N) is 1. The summed E-state index contributed by atoms with van der Waals surface area (Å²) in [6.07, 6.45) is 1.43. The average molecular weight is 399 g/mol. The van der Waals surface area contributed by atoms with Gasteiger partial charge in [-0.1, -0.05) is 12.1 Å². The molecule has 1 aliphatic heterocycles. The average Bonchev–Trinajstić information content (AvgIpc) is 2.66. The Kier molecular flexibility index (Phi) is 7.24. The van der Waals surface area contributed by atoms with Gasteiger partial charge in [-0.3, -0.25) is 4.79 Å². The third kappa shape index (κ3) is 4.87. The third-order valence-electron chi connectivity index (χ3n) is 3.76. The summed E-state index contributed by atoms with van der Waals surface area (Å²) < 4.78 is 31.9. The molecule has 0 aliphatic carbocycles. The van der Waals surface area contributed by atoms with Gasteiger partial charge in [-0.05, 0) is 25.1 Å². The van der Waals surface area contributed by atoms with Crippen molar-refractivity contribution in [3.8, 4) is 0 Å². The molecule has 1 atom stereocenters. The van der Waals surface area contributed by atoms with Crippen molar-refractivity contribution in [1.82, 2.24) is 9.62 Å². The van der Waals surface area contributed by atoms with Crippen LogP contribution in [0.5, 0.6) is 0 Å². The highest BCUT2D eigenvalue weighted by molar-refractivity contribution is 7.99. The third-order valence-corrected chi connectivity index (χ3v) is 6.20. The predicted molar refractivity (Wildman–Crippen MR) is 101 cm³/mol. The Balaban J connectivity index is 2.26. The van der Waals surface area contributed by atoms with Crippen LogP contribution in [0, 0.1) is 0 Å². The van der Waals surface area contributed by atoms with Crippen molar-refractivity contribution < 1.29 is 22.7 Å². The van der Waals surface area contributed by atoms with Crippen molar-refractivity contribution in [2.75, 3.05) is 31.2 Å². The van der Waals surface area contributed by atoms with Crippen molar-refractivity contribution >= 4 is 33.7 Å². The molecule has 0 saturated carbocycles. The van der Waals surface area contributed by atoms with E-state index in [0.29, 0.717) is 18.1 Å². The van der Waals surface area contributed by atoms with Gasteiger partial charge in [-0.15, -0.1) is 6.58 Å². The fourth-order valence-corrected chi connectivity index (χ4v) is 4.57. The number of hydrogen-bond donors (Lipinski definition) is 1. The maximum Gasteiger partial charge on any atom is 0.329 e. The number of hydrogen-bond acceptors (Lipinski definition) is 6. The van der Waals surface area contributed by atoms with Gasteiger partial charge >= 0.3 is 5.97 Å². The van der Waals surface area contributed by atoms with E-state index >= 15 is 0 Å². The summed E-state index contributed by atoms with van der Waals surface area (Å²) >= 11 is 1.58. The first kappa shape index (κ1) is 20.5. The highest BCUT2D eigenvalue weighted by Gasteiger charge is 2.34. The van der Waals surface area contributed by atoms with E-state index in [9.17, 15) is 18.0 Å². The van der Waals surface area contributed by atoms with Gasteiger partial charge in [0.1, 0.15) is 6.04 Å². The van der Waals surface area contributed by atoms with Crippen LogP contribution in [-0.2, 0) is 19.6 Å². The molecule has 0 aromatic heterocycles. The second-order valence-electron chi connectivity index (χ2n) is 5.51. The summed E-state index contributed by atoms with van der Waals surface area (Å²) in [6, 6.07) is 5.11. The molecule has 1 fully saturated rings. The van der Waals surface area contributed by atoms with Gasteiger partial charge in [0.2, 0.25) is 10.0 Å². The Morgan fingerprint density at radius 2 is 2.23 bits per heavy atom. The van der Waals surface area contributed by atoms with Gasteiger partial charge in [0.05, 0.1) is 11.5 Å². The summed E-state index contributed by atoms with van der Waals surface area (Å²) in [7, 11) is -3.74. The first-order valence-corrected chi connectivity index (χ1v) is 10.8. The minimum Gasteiger partial charge on any atom is -0.464 e. The molecule has 1 N–H and O–H groups in total. The fraction of sp³-hybridized carbons (Fsp3) is 0.412. The van der Waals surface area contributed by atoms with Crippen molar-refractivity contribution in [1.29, 1.82) is 0 Å². The molecule has 1 aromatic rings. The molecule has 0 unspecified atom stereocenters. The number of carbonyl (C=O) groups excluding carboxylic acids is 2. The molecule has 1 heterocycles. The highest BCUT2D eigenvalue weighted by Crippen LogP contribution is 2.21. The molecule has 1 aromatic carbocycles. The SMILES string of the molecule is C=CCNS(=O)(=O)c1cccc(C(=O)N2CCSC[C@@H]2C(=O)OCC)c1. The van der Waals surface area contributed by atoms with E-state index in [-0.39, 0.29) is 29.5 Å². The Hall–Kier alpha value is -1.84. The molecule has 0 bridgehead atoms. The maximum atomic E-state index is 12.9. The molecular formula is C17H22N2O5S2. The molecule has 1 aliphatic rings. The van der Waals surface area contributed by atoms with Crippen molar-refractivity contribution in [3.63, 3.8) is 0 Å². The van der Waals surface area contributed by atoms with E-state index in [1.807, 2.05) is 0 Å². The van der Waals surface area contributed by atoms with Crippen LogP contribution in [0.2, 0.25) is 0 Å². The lowest BCUT2D eigenvalue weighted by Gasteiger charge is -2.33. The maximum absolute atomic E-state index is 12.9. The fourth-order valence-electron chi connectivity index (χ4n) is 2.49. The summed E-state index contributed by atoms with van der Waals surface area (Å²) in [5.41, 5.74) is 0.215. The van der Waals surface area contributed by atoms with Gasteiger partial charge in [-0.25, -0.2) is 17.9 Å². The molecular weight excluding hydrogens is 376 g/mol. The summed E-state index contributed by atoms with van der Waals surface area (Å²) in [4.78, 5) is 26.5. The first-order chi connectivity index (χ1) is 12.4. The van der Waals surface area contributed by atoms with Crippen LogP contribution in [0.25, 0.3) is 0 Å². The zero-order valence-electron chi connectivity index (χ0n) is 14.5. The highest BCUT2D eigenvalue weighted by atomic mass is 32.2. The van der Waals surface area contributed by atoms with Gasteiger partial charge in [0.25, 0.3) is 5.91 Å². The predicted octanol–water partition coefficient (Wildman–Crippen LogP) is 1.27. The number of nitrogens with one attached hydrogen (secondary N) is 1. The van der Waals surface area contributed by atoms with Crippen LogP contribution in [0.4, 0.5) is 0 Å². The number of thioether (sulfide) groups is 1. The number of esters is 1. The van der Waals surface area contributed by atoms with Crippen LogP contribution in [-0.4, -0.2) is 62.4 Å². The van der Waals surface area contributed by atoms with Crippen LogP contribution in [0.3, 0.4) is 0 Å². The lowest BCUT2D eigenvalue weighted by Crippen LogP contribution is -2.51. The van der Waals surface area contributed by atoms with Crippen LogP contribution in [0.15, 0.2) is 41.8 Å². The van der Waals surface area contributed by atoms with E-state index in [0.717, 1.165) is 0 Å². The standard InChI is InChI=1S/C17H22N2O5S2/c1-3-8-18-26(22,23)14-7-5-6-13(11-14)16(20)19-9-10-25-12-15(19)17(21)24-4-2/h3,5-7,11,15,18H,1,4,8-10,12H2,2H3/t15-/m1/s1. The topological polar surface area (TPSA) is 92.8 Å². The monoisotopic (exact) mass is 398 g/mol. The normalized spacial score (nSPS) is 17.6. The number of benzene rings is 1. The lowest BCUT2D eigenvalue weighted by molar-refractivity contribution is -0.147. The Morgan fingerprint density at radius 3 is 2.92 bits per heavy atom. The van der Waals surface area contributed by atoms with Gasteiger partial charge in [-0.2, -0.15) is 11.8 Å². The largest absolute Gasteiger partial charge is 0.464 e. The second kappa shape index (κ2) is 9.20. The Bertz CT molecular complexity index is 779. The number of amides is 1. The Labute approximate surface area is 157 Å². The summed E-state index contributed by atoms with van der Waals surface area (Å²) in [5.74, 6) is 0.345. The molecule has 7 nitrogen and oxygen atoms in total. The molecule has 9 heteroatoms. The lowest BCUT2D eigenvalue weighted by atomic mass is 10.1. The summed E-state index contributed by atoms with van der Waals surface area (Å²) in [6.45, 7) is 5.92. The van der Waals surface area contributed by atoms with Crippen molar-refractivity contribution in [3.05, 3.63) is 42.5 Å². The molecule has 1 saturated heterocycles. The Morgan fingerprint density at radius 1 is 1.46 bits per heavy atom. The smallest absolute Gasteiger partial charge is 0.329 e. The second-order valence-corrected chi connectivity index (χ2v) is 8.43. The quantitative estimate of drug-likeness (QED) is 0.549. The summed E-state index contributed by atoms with van der Waals surface area (Å²) in [5, 5.41) is 0. The molecule has 0 radical (unpaired) electrons. The van der Waals surface area contributed by atoms with Crippen molar-refractivity contribution in [2.24, 2.45) is 0 Å². The van der Waals surface area contributed by atoms with Gasteiger partial charge < -0.3 is 9.64 Å². The first-order valence-electron chi connectivity index (χ1n) is 8.16. The van der Waals surface area contributed by atoms with E-state index in [1.54, 1.807) is 24.8 Å².